The second-order valence-corrected chi connectivity index (χ2v) is 11.1. The molecule has 7 nitrogen and oxygen atoms in total. The molecule has 1 aromatic heterocycles. The lowest BCUT2D eigenvalue weighted by molar-refractivity contribution is -0.123. The second-order valence-electron chi connectivity index (χ2n) is 9.57. The number of hydrogen-bond donors (Lipinski definition) is 1. The molecule has 1 N–H and O–H groups in total. The number of halogens is 1. The van der Waals surface area contributed by atoms with Crippen LogP contribution in [0.4, 0.5) is 5.82 Å². The standard InChI is InChI=1S/C27H31ClN4O3S/c1-27(2,3)32-26-23(24(30-32)18-10-6-5-7-11-18)25(19-12-8-9-13-20(19)28)36-17-22(34)31(26)16-21(33)29-14-15-35-4/h5-13,25H,14-17H2,1-4H3,(H,29,33). The first-order valence-corrected chi connectivity index (χ1v) is 13.3. The van der Waals surface area contributed by atoms with Crippen LogP contribution >= 0.6 is 23.4 Å². The molecule has 1 aliphatic rings. The molecular formula is C27H31ClN4O3S. The van der Waals surface area contributed by atoms with E-state index in [1.165, 1.54) is 11.8 Å². The number of amides is 2. The SMILES string of the molecule is COCCNC(=O)CN1C(=O)CSC(c2ccccc2Cl)c2c(-c3ccccc3)nn(C(C)(C)C)c21. The first kappa shape index (κ1) is 26.3. The molecular weight excluding hydrogens is 496 g/mol. The minimum Gasteiger partial charge on any atom is -0.383 e. The first-order valence-electron chi connectivity index (χ1n) is 11.8. The number of thioether (sulfide) groups is 1. The number of aromatic nitrogens is 2. The number of nitrogens with one attached hydrogen (secondary N) is 1. The number of rotatable bonds is 7. The average molecular weight is 527 g/mol. The fourth-order valence-electron chi connectivity index (χ4n) is 4.22. The highest BCUT2D eigenvalue weighted by molar-refractivity contribution is 8.00. The largest absolute Gasteiger partial charge is 0.383 e. The van der Waals surface area contributed by atoms with Crippen molar-refractivity contribution >= 4 is 41.0 Å². The highest BCUT2D eigenvalue weighted by Gasteiger charge is 2.39. The van der Waals surface area contributed by atoms with Gasteiger partial charge < -0.3 is 10.1 Å². The summed E-state index contributed by atoms with van der Waals surface area (Å²) in [5.74, 6) is 0.426. The minimum atomic E-state index is -0.456. The van der Waals surface area contributed by atoms with Gasteiger partial charge in [-0.25, -0.2) is 4.68 Å². The van der Waals surface area contributed by atoms with E-state index in [-0.39, 0.29) is 29.4 Å². The molecule has 2 aromatic carbocycles. The summed E-state index contributed by atoms with van der Waals surface area (Å²) in [7, 11) is 1.58. The van der Waals surface area contributed by atoms with Gasteiger partial charge >= 0.3 is 0 Å². The number of benzene rings is 2. The van der Waals surface area contributed by atoms with Crippen LogP contribution in [0.2, 0.25) is 5.02 Å². The van der Waals surface area contributed by atoms with Crippen LogP contribution in [0.15, 0.2) is 54.6 Å². The number of anilines is 1. The Morgan fingerprint density at radius 1 is 1.17 bits per heavy atom. The Balaban J connectivity index is 1.95. The molecule has 0 bridgehead atoms. The lowest BCUT2D eigenvalue weighted by atomic mass is 9.99. The Hall–Kier alpha value is -2.81. The molecule has 190 valence electrons. The van der Waals surface area contributed by atoms with Crippen molar-refractivity contribution < 1.29 is 14.3 Å². The predicted molar refractivity (Wildman–Crippen MR) is 146 cm³/mol. The molecule has 0 saturated heterocycles. The zero-order valence-corrected chi connectivity index (χ0v) is 22.5. The van der Waals surface area contributed by atoms with Crippen molar-refractivity contribution in [3.63, 3.8) is 0 Å². The van der Waals surface area contributed by atoms with Crippen LogP contribution in [0.5, 0.6) is 0 Å². The van der Waals surface area contributed by atoms with Gasteiger partial charge in [0.05, 0.1) is 28.8 Å². The van der Waals surface area contributed by atoms with E-state index in [2.05, 4.69) is 5.32 Å². The van der Waals surface area contributed by atoms with Crippen molar-refractivity contribution in [1.29, 1.82) is 0 Å². The summed E-state index contributed by atoms with van der Waals surface area (Å²) in [6.07, 6.45) is 0. The predicted octanol–water partition coefficient (Wildman–Crippen LogP) is 4.89. The van der Waals surface area contributed by atoms with Crippen LogP contribution in [0.25, 0.3) is 11.3 Å². The van der Waals surface area contributed by atoms with Crippen LogP contribution < -0.4 is 10.2 Å². The third-order valence-corrected chi connectivity index (χ3v) is 7.47. The molecule has 3 aromatic rings. The number of carbonyl (C=O) groups excluding carboxylic acids is 2. The Morgan fingerprint density at radius 2 is 1.86 bits per heavy atom. The molecule has 1 aliphatic heterocycles. The molecule has 0 spiro atoms. The van der Waals surface area contributed by atoms with Gasteiger partial charge in [0.1, 0.15) is 12.4 Å². The molecule has 9 heteroatoms. The molecule has 2 amide bonds. The number of methoxy groups -OCH3 is 1. The van der Waals surface area contributed by atoms with Gasteiger partial charge in [0.2, 0.25) is 11.8 Å². The summed E-state index contributed by atoms with van der Waals surface area (Å²) in [6.45, 7) is 6.78. The molecule has 2 heterocycles. The molecule has 36 heavy (non-hydrogen) atoms. The van der Waals surface area contributed by atoms with Gasteiger partial charge in [-0.3, -0.25) is 14.5 Å². The number of carbonyl (C=O) groups is 2. The van der Waals surface area contributed by atoms with E-state index in [0.29, 0.717) is 24.0 Å². The van der Waals surface area contributed by atoms with E-state index in [1.807, 2.05) is 80.1 Å². The first-order chi connectivity index (χ1) is 17.2. The lowest BCUT2D eigenvalue weighted by Gasteiger charge is -2.28. The van der Waals surface area contributed by atoms with Crippen molar-refractivity contribution in [2.75, 3.05) is 37.5 Å². The maximum atomic E-state index is 13.6. The van der Waals surface area contributed by atoms with Crippen molar-refractivity contribution in [3.05, 3.63) is 70.7 Å². The lowest BCUT2D eigenvalue weighted by Crippen LogP contribution is -2.44. The van der Waals surface area contributed by atoms with E-state index in [1.54, 1.807) is 12.0 Å². The van der Waals surface area contributed by atoms with Gasteiger partial charge in [-0.05, 0) is 32.4 Å². The Morgan fingerprint density at radius 3 is 2.53 bits per heavy atom. The smallest absolute Gasteiger partial charge is 0.240 e. The molecule has 0 aliphatic carbocycles. The van der Waals surface area contributed by atoms with E-state index in [9.17, 15) is 9.59 Å². The summed E-state index contributed by atoms with van der Waals surface area (Å²) in [5, 5.41) is 8.28. The maximum absolute atomic E-state index is 13.6. The number of fused-ring (bicyclic) bond motifs is 1. The highest BCUT2D eigenvalue weighted by atomic mass is 35.5. The van der Waals surface area contributed by atoms with E-state index in [0.717, 1.165) is 22.4 Å². The van der Waals surface area contributed by atoms with Crippen molar-refractivity contribution in [2.45, 2.75) is 31.6 Å². The summed E-state index contributed by atoms with van der Waals surface area (Å²) in [5.41, 5.74) is 3.05. The second kappa shape index (κ2) is 11.1. The number of nitrogens with zero attached hydrogens (tertiary/aromatic N) is 3. The summed E-state index contributed by atoms with van der Waals surface area (Å²) in [6, 6.07) is 17.6. The van der Waals surface area contributed by atoms with Crippen LogP contribution in [0, 0.1) is 0 Å². The third-order valence-electron chi connectivity index (χ3n) is 5.89. The fraction of sp³-hybridized carbons (Fsp3) is 0.370. The van der Waals surface area contributed by atoms with Crippen LogP contribution in [-0.4, -0.2) is 54.2 Å². The van der Waals surface area contributed by atoms with Gasteiger partial charge in [0.15, 0.2) is 0 Å². The monoisotopic (exact) mass is 526 g/mol. The van der Waals surface area contributed by atoms with Crippen molar-refractivity contribution in [2.24, 2.45) is 0 Å². The molecule has 1 unspecified atom stereocenters. The fourth-order valence-corrected chi connectivity index (χ4v) is 5.76. The van der Waals surface area contributed by atoms with Gasteiger partial charge in [-0.15, -0.1) is 11.8 Å². The Bertz CT molecular complexity index is 1240. The zero-order valence-electron chi connectivity index (χ0n) is 21.0. The van der Waals surface area contributed by atoms with Gasteiger partial charge in [-0.2, -0.15) is 5.10 Å². The van der Waals surface area contributed by atoms with Crippen molar-refractivity contribution in [1.82, 2.24) is 15.1 Å². The molecule has 0 radical (unpaired) electrons. The molecule has 0 saturated carbocycles. The number of ether oxygens (including phenoxy) is 1. The van der Waals surface area contributed by atoms with E-state index < -0.39 is 5.54 Å². The van der Waals surface area contributed by atoms with Crippen molar-refractivity contribution in [3.8, 4) is 11.3 Å². The number of hydrogen-bond acceptors (Lipinski definition) is 5. The summed E-state index contributed by atoms with van der Waals surface area (Å²) < 4.78 is 6.92. The normalized spacial score (nSPS) is 16.0. The Kier molecular flexibility index (Phi) is 8.07. The zero-order chi connectivity index (χ0) is 25.9. The Labute approximate surface area is 221 Å². The third kappa shape index (κ3) is 5.45. The van der Waals surface area contributed by atoms with Gasteiger partial charge in [0, 0.05) is 29.8 Å². The van der Waals surface area contributed by atoms with Crippen LogP contribution in [-0.2, 0) is 19.9 Å². The minimum absolute atomic E-state index is 0.110. The molecule has 0 fully saturated rings. The van der Waals surface area contributed by atoms with E-state index >= 15 is 0 Å². The van der Waals surface area contributed by atoms with Crippen LogP contribution in [0.3, 0.4) is 0 Å². The van der Waals surface area contributed by atoms with Gasteiger partial charge in [-0.1, -0.05) is 60.1 Å². The average Bonchev–Trinajstić information content (AvgIpc) is 3.19. The van der Waals surface area contributed by atoms with E-state index in [4.69, 9.17) is 21.4 Å². The topological polar surface area (TPSA) is 76.5 Å². The highest BCUT2D eigenvalue weighted by Crippen LogP contribution is 2.50. The van der Waals surface area contributed by atoms with Gasteiger partial charge in [0.25, 0.3) is 0 Å². The van der Waals surface area contributed by atoms with Crippen LogP contribution in [0.1, 0.15) is 37.1 Å². The summed E-state index contributed by atoms with van der Waals surface area (Å²) in [4.78, 5) is 28.0. The molecule has 4 rings (SSSR count). The quantitative estimate of drug-likeness (QED) is 0.443. The molecule has 1 atom stereocenters. The summed E-state index contributed by atoms with van der Waals surface area (Å²) >= 11 is 8.19. The maximum Gasteiger partial charge on any atom is 0.240 e.